The van der Waals surface area contributed by atoms with E-state index in [0.717, 1.165) is 6.42 Å². The van der Waals surface area contributed by atoms with Gasteiger partial charge >= 0.3 is 0 Å². The van der Waals surface area contributed by atoms with E-state index >= 15 is 0 Å². The molecule has 184 valence electrons. The molecule has 0 bridgehead atoms. The molecule has 1 fully saturated rings. The van der Waals surface area contributed by atoms with Crippen LogP contribution in [-0.4, -0.2) is 81.7 Å². The highest BCUT2D eigenvalue weighted by Gasteiger charge is 2.41. The minimum absolute atomic E-state index is 0.0886. The van der Waals surface area contributed by atoms with Gasteiger partial charge in [0, 0.05) is 19.2 Å². The molecule has 3 aliphatic rings. The second-order valence-electron chi connectivity index (χ2n) is 9.06. The van der Waals surface area contributed by atoms with Gasteiger partial charge < -0.3 is 14.4 Å². The average Bonchev–Trinajstić information content (AvgIpc) is 2.98. The molecule has 1 N–H and O–H groups in total. The average molecular weight is 489 g/mol. The first-order valence-electron chi connectivity index (χ1n) is 11.4. The molecule has 0 amide bonds. The van der Waals surface area contributed by atoms with Gasteiger partial charge in [-0.1, -0.05) is 12.2 Å². The van der Waals surface area contributed by atoms with Gasteiger partial charge in [0.05, 0.1) is 43.5 Å². The molecule has 0 saturated carbocycles. The van der Waals surface area contributed by atoms with Crippen molar-refractivity contribution >= 4 is 33.0 Å². The summed E-state index contributed by atoms with van der Waals surface area (Å²) in [6, 6.07) is 0.0886. The number of hydrogen-bond donors (Lipinski definition) is 1. The van der Waals surface area contributed by atoms with Crippen LogP contribution in [0.15, 0.2) is 34.3 Å². The van der Waals surface area contributed by atoms with E-state index in [1.54, 1.807) is 13.8 Å². The van der Waals surface area contributed by atoms with Gasteiger partial charge in [-0.05, 0) is 40.0 Å². The van der Waals surface area contributed by atoms with Crippen molar-refractivity contribution in [3.05, 3.63) is 30.0 Å². The van der Waals surface area contributed by atoms with E-state index < -0.39 is 14.6 Å². The van der Waals surface area contributed by atoms with Crippen LogP contribution in [0.3, 0.4) is 0 Å². The topological polar surface area (TPSA) is 118 Å². The number of hydrogen-bond acceptors (Lipinski definition) is 10. The Morgan fingerprint density at radius 2 is 1.94 bits per heavy atom. The summed E-state index contributed by atoms with van der Waals surface area (Å²) in [5.74, 6) is 1.13. The Kier molecular flexibility index (Phi) is 6.88. The number of nitrogens with one attached hydrogen (secondary N) is 1. The van der Waals surface area contributed by atoms with Crippen LogP contribution in [-0.2, 0) is 19.3 Å². The number of aliphatic imine (C=N–C) groups is 2. The lowest BCUT2D eigenvalue weighted by Crippen LogP contribution is -2.45. The highest BCUT2D eigenvalue weighted by Crippen LogP contribution is 2.43. The number of morpholine rings is 1. The second kappa shape index (κ2) is 9.55. The van der Waals surface area contributed by atoms with Crippen LogP contribution in [0, 0.1) is 0 Å². The highest BCUT2D eigenvalue weighted by atomic mass is 32.2. The van der Waals surface area contributed by atoms with Crippen LogP contribution in [0.25, 0.3) is 0 Å². The van der Waals surface area contributed by atoms with E-state index in [2.05, 4.69) is 20.2 Å². The molecule has 1 aromatic heterocycles. The van der Waals surface area contributed by atoms with E-state index in [-0.39, 0.29) is 18.2 Å². The van der Waals surface area contributed by atoms with E-state index in [0.29, 0.717) is 55.1 Å². The standard InChI is InChI=1S/C23H32N6O4S/c1-15(24-4)25-17-8-6-7-9-18(17)26-22-27-20(23(2,3)34(5,30)31)19-21(28-22)29-11-13-32-14-16(29)10-12-33-19/h6-9,15-16,24H,10-14H2,1-5H3/b25-17-,26-18+/t15?,16-/m1/s1. The van der Waals surface area contributed by atoms with E-state index in [4.69, 9.17) is 19.5 Å². The van der Waals surface area contributed by atoms with Crippen molar-refractivity contribution in [3.8, 4) is 5.75 Å². The Balaban J connectivity index is 1.91. The fourth-order valence-electron chi connectivity index (χ4n) is 3.91. The van der Waals surface area contributed by atoms with Crippen LogP contribution in [0.1, 0.15) is 32.9 Å². The largest absolute Gasteiger partial charge is 0.488 e. The van der Waals surface area contributed by atoms with Gasteiger partial charge in [-0.2, -0.15) is 4.98 Å². The van der Waals surface area contributed by atoms with Gasteiger partial charge in [0.2, 0.25) is 0 Å². The maximum absolute atomic E-state index is 12.8. The van der Waals surface area contributed by atoms with Crippen molar-refractivity contribution in [2.24, 2.45) is 9.98 Å². The lowest BCUT2D eigenvalue weighted by molar-refractivity contribution is 0.0894. The summed E-state index contributed by atoms with van der Waals surface area (Å²) in [6.07, 6.45) is 9.32. The Bertz CT molecular complexity index is 1170. The number of rotatable bonds is 5. The van der Waals surface area contributed by atoms with Gasteiger partial charge in [0.15, 0.2) is 21.4 Å². The normalized spacial score (nSPS) is 23.9. The summed E-state index contributed by atoms with van der Waals surface area (Å²) in [4.78, 5) is 20.9. The summed E-state index contributed by atoms with van der Waals surface area (Å²) in [7, 11) is -1.69. The predicted octanol–water partition coefficient (Wildman–Crippen LogP) is 1.95. The number of allylic oxidation sites excluding steroid dienone is 4. The number of sulfone groups is 1. The molecule has 1 aliphatic carbocycles. The summed E-state index contributed by atoms with van der Waals surface area (Å²) >= 11 is 0. The number of fused-ring (bicyclic) bond motifs is 3. The van der Waals surface area contributed by atoms with E-state index in [1.165, 1.54) is 6.26 Å². The molecule has 34 heavy (non-hydrogen) atoms. The molecule has 1 unspecified atom stereocenters. The summed E-state index contributed by atoms with van der Waals surface area (Å²) < 4.78 is 36.0. The monoisotopic (exact) mass is 488 g/mol. The number of aromatic nitrogens is 2. The van der Waals surface area contributed by atoms with Gasteiger partial charge in [-0.15, -0.1) is 0 Å². The molecule has 1 aromatic rings. The minimum atomic E-state index is -3.53. The fourth-order valence-corrected chi connectivity index (χ4v) is 4.40. The molecule has 0 spiro atoms. The molecule has 2 aliphatic heterocycles. The van der Waals surface area contributed by atoms with Crippen LogP contribution in [0.4, 0.5) is 11.8 Å². The molecule has 4 rings (SSSR count). The second-order valence-corrected chi connectivity index (χ2v) is 11.6. The third-order valence-corrected chi connectivity index (χ3v) is 8.43. The van der Waals surface area contributed by atoms with Crippen LogP contribution >= 0.6 is 0 Å². The Morgan fingerprint density at radius 1 is 1.21 bits per heavy atom. The SMILES string of the molecule is CNC(C)/N=C1/C=CC=C/C1=N\c1nc2c(c(C(C)(C)S(C)(=O)=O)n1)OCC[C@@H]1COCCN21. The maximum atomic E-state index is 12.8. The van der Waals surface area contributed by atoms with Crippen LogP contribution in [0.2, 0.25) is 0 Å². The van der Waals surface area contributed by atoms with E-state index in [1.807, 2.05) is 38.3 Å². The molecular formula is C23H32N6O4S. The molecule has 11 heteroatoms. The first kappa shape index (κ1) is 24.5. The Labute approximate surface area is 200 Å². The zero-order valence-electron chi connectivity index (χ0n) is 20.3. The van der Waals surface area contributed by atoms with Gasteiger partial charge in [-0.25, -0.2) is 18.4 Å². The number of anilines is 1. The smallest absolute Gasteiger partial charge is 0.252 e. The Hall–Kier alpha value is -2.63. The minimum Gasteiger partial charge on any atom is -0.488 e. The molecule has 1 saturated heterocycles. The quantitative estimate of drug-likeness (QED) is 0.625. The van der Waals surface area contributed by atoms with Crippen molar-refractivity contribution in [2.45, 2.75) is 44.1 Å². The number of ether oxygens (including phenoxy) is 2. The molecule has 3 heterocycles. The van der Waals surface area contributed by atoms with Crippen molar-refractivity contribution < 1.29 is 17.9 Å². The van der Waals surface area contributed by atoms with Crippen molar-refractivity contribution in [1.82, 2.24) is 15.3 Å². The molecule has 2 atom stereocenters. The van der Waals surface area contributed by atoms with Gasteiger partial charge in [0.25, 0.3) is 5.95 Å². The third kappa shape index (κ3) is 4.77. The van der Waals surface area contributed by atoms with Crippen LogP contribution < -0.4 is 15.0 Å². The number of nitrogens with zero attached hydrogens (tertiary/aromatic N) is 5. The summed E-state index contributed by atoms with van der Waals surface area (Å²) in [5, 5.41) is 3.09. The van der Waals surface area contributed by atoms with Crippen molar-refractivity contribution in [2.75, 3.05) is 44.6 Å². The Morgan fingerprint density at radius 3 is 2.65 bits per heavy atom. The summed E-state index contributed by atoms with van der Waals surface area (Å²) in [5.41, 5.74) is 1.59. The fraction of sp³-hybridized carbons (Fsp3) is 0.565. The van der Waals surface area contributed by atoms with E-state index in [9.17, 15) is 8.42 Å². The van der Waals surface area contributed by atoms with Gasteiger partial charge in [0.1, 0.15) is 10.4 Å². The first-order valence-corrected chi connectivity index (χ1v) is 13.3. The lowest BCUT2D eigenvalue weighted by atomic mass is 10.1. The zero-order valence-corrected chi connectivity index (χ0v) is 21.1. The lowest BCUT2D eigenvalue weighted by Gasteiger charge is -2.35. The summed E-state index contributed by atoms with van der Waals surface area (Å²) in [6.45, 7) is 7.39. The molecular weight excluding hydrogens is 456 g/mol. The van der Waals surface area contributed by atoms with Crippen LogP contribution in [0.5, 0.6) is 5.75 Å². The molecule has 10 nitrogen and oxygen atoms in total. The zero-order chi connectivity index (χ0) is 24.5. The van der Waals surface area contributed by atoms with Crippen molar-refractivity contribution in [3.63, 3.8) is 0 Å². The van der Waals surface area contributed by atoms with Gasteiger partial charge in [-0.3, -0.25) is 10.3 Å². The van der Waals surface area contributed by atoms with Crippen molar-refractivity contribution in [1.29, 1.82) is 0 Å². The first-order chi connectivity index (χ1) is 16.1. The highest BCUT2D eigenvalue weighted by molar-refractivity contribution is 7.91. The maximum Gasteiger partial charge on any atom is 0.252 e. The predicted molar refractivity (Wildman–Crippen MR) is 133 cm³/mol. The molecule has 0 radical (unpaired) electrons. The third-order valence-electron chi connectivity index (χ3n) is 6.38. The molecule has 0 aromatic carbocycles.